The van der Waals surface area contributed by atoms with Gasteiger partial charge in [0, 0.05) is 19.1 Å². The van der Waals surface area contributed by atoms with Crippen molar-refractivity contribution < 1.29 is 27.5 Å². The van der Waals surface area contributed by atoms with Gasteiger partial charge in [-0.05, 0) is 18.4 Å². The molecule has 0 saturated heterocycles. The van der Waals surface area contributed by atoms with Crippen molar-refractivity contribution in [2.45, 2.75) is 38.3 Å². The first kappa shape index (κ1) is 21.8. The van der Waals surface area contributed by atoms with E-state index in [9.17, 15) is 18.0 Å². The Kier molecular flexibility index (Phi) is 7.09. The van der Waals surface area contributed by atoms with Crippen molar-refractivity contribution in [3.63, 3.8) is 0 Å². The third kappa shape index (κ3) is 6.58. The van der Waals surface area contributed by atoms with Gasteiger partial charge < -0.3 is 9.47 Å². The molecule has 0 radical (unpaired) electrons. The van der Waals surface area contributed by atoms with Crippen molar-refractivity contribution in [2.24, 2.45) is 0 Å². The van der Waals surface area contributed by atoms with E-state index < -0.39 is 15.9 Å². The lowest BCUT2D eigenvalue weighted by atomic mass is 9.95. The maximum Gasteiger partial charge on any atom is 0.412 e. The van der Waals surface area contributed by atoms with Crippen LogP contribution < -0.4 is 10.1 Å². The van der Waals surface area contributed by atoms with Crippen LogP contribution in [0.4, 0.5) is 10.5 Å². The summed E-state index contributed by atoms with van der Waals surface area (Å²) in [5.41, 5.74) is 1.14. The number of nitrogens with zero attached hydrogens (tertiary/aromatic N) is 2. The Morgan fingerprint density at radius 1 is 1.23 bits per heavy atom. The molecule has 9 nitrogen and oxygen atoms in total. The topological polar surface area (TPSA) is 117 Å². The number of hydrogen-bond donors (Lipinski definition) is 1. The zero-order valence-corrected chi connectivity index (χ0v) is 17.6. The SMILES string of the molecule is CS(=O)(=O)CCOc1nn(C2CCC(=O)CC2)cc1NC(=O)OCc1ccccc1. The molecule has 3 rings (SSSR count). The van der Waals surface area contributed by atoms with Gasteiger partial charge in [0.1, 0.15) is 24.7 Å². The number of sulfone groups is 1. The number of aromatic nitrogens is 2. The van der Waals surface area contributed by atoms with Crippen molar-refractivity contribution in [3.05, 3.63) is 42.1 Å². The van der Waals surface area contributed by atoms with Crippen molar-refractivity contribution >= 4 is 27.4 Å². The Labute approximate surface area is 175 Å². The number of carbonyl (C=O) groups excluding carboxylic acids is 2. The molecule has 1 N–H and O–H groups in total. The molecule has 1 fully saturated rings. The fraction of sp³-hybridized carbons (Fsp3) is 0.450. The van der Waals surface area contributed by atoms with Crippen LogP contribution in [0.1, 0.15) is 37.3 Å². The summed E-state index contributed by atoms with van der Waals surface area (Å²) in [6, 6.07) is 9.27. The lowest BCUT2D eigenvalue weighted by Crippen LogP contribution is -2.18. The number of Topliss-reactive ketones (excluding diaryl/α,β-unsaturated/α-hetero) is 1. The Morgan fingerprint density at radius 3 is 2.60 bits per heavy atom. The van der Waals surface area contributed by atoms with Gasteiger partial charge in [-0.1, -0.05) is 30.3 Å². The van der Waals surface area contributed by atoms with E-state index in [2.05, 4.69) is 10.4 Å². The van der Waals surface area contributed by atoms with E-state index in [0.29, 0.717) is 31.4 Å². The van der Waals surface area contributed by atoms with Crippen LogP contribution in [0.5, 0.6) is 5.88 Å². The highest BCUT2D eigenvalue weighted by atomic mass is 32.2. The maximum absolute atomic E-state index is 12.2. The molecule has 1 amide bonds. The van der Waals surface area contributed by atoms with E-state index in [1.54, 1.807) is 10.9 Å². The fourth-order valence-corrected chi connectivity index (χ4v) is 3.49. The molecule has 1 aromatic carbocycles. The van der Waals surface area contributed by atoms with Crippen LogP contribution in [-0.4, -0.2) is 48.7 Å². The highest BCUT2D eigenvalue weighted by Gasteiger charge is 2.24. The summed E-state index contributed by atoms with van der Waals surface area (Å²) >= 11 is 0. The third-order valence-corrected chi connectivity index (χ3v) is 5.64. The molecule has 30 heavy (non-hydrogen) atoms. The second-order valence-corrected chi connectivity index (χ2v) is 9.52. The van der Waals surface area contributed by atoms with E-state index >= 15 is 0 Å². The van der Waals surface area contributed by atoms with Crippen LogP contribution in [0, 0.1) is 0 Å². The number of benzene rings is 1. The molecule has 0 aliphatic heterocycles. The van der Waals surface area contributed by atoms with E-state index in [1.165, 1.54) is 0 Å². The first-order valence-corrected chi connectivity index (χ1v) is 11.8. The molecule has 1 heterocycles. The van der Waals surface area contributed by atoms with Crippen LogP contribution >= 0.6 is 0 Å². The summed E-state index contributed by atoms with van der Waals surface area (Å²) in [6.07, 6.45) is 4.34. The molecule has 1 aliphatic rings. The van der Waals surface area contributed by atoms with Gasteiger partial charge in [-0.2, -0.15) is 0 Å². The van der Waals surface area contributed by atoms with Gasteiger partial charge in [-0.25, -0.2) is 13.2 Å². The van der Waals surface area contributed by atoms with E-state index in [4.69, 9.17) is 9.47 Å². The minimum absolute atomic E-state index is 0.0100. The molecule has 0 spiro atoms. The normalized spacial score (nSPS) is 15.0. The predicted molar refractivity (Wildman–Crippen MR) is 110 cm³/mol. The number of amides is 1. The second-order valence-electron chi connectivity index (χ2n) is 7.26. The minimum Gasteiger partial charge on any atom is -0.474 e. The Bertz CT molecular complexity index is 977. The molecule has 0 atom stereocenters. The lowest BCUT2D eigenvalue weighted by molar-refractivity contribution is -0.120. The van der Waals surface area contributed by atoms with Crippen LogP contribution in [0.2, 0.25) is 0 Å². The number of anilines is 1. The molecule has 2 aromatic rings. The quantitative estimate of drug-likeness (QED) is 0.677. The smallest absolute Gasteiger partial charge is 0.412 e. The van der Waals surface area contributed by atoms with Gasteiger partial charge >= 0.3 is 6.09 Å². The summed E-state index contributed by atoms with van der Waals surface area (Å²) in [4.78, 5) is 23.7. The first-order valence-electron chi connectivity index (χ1n) is 9.69. The van der Waals surface area contributed by atoms with Gasteiger partial charge in [0.25, 0.3) is 5.88 Å². The van der Waals surface area contributed by atoms with Crippen molar-refractivity contribution in [1.29, 1.82) is 0 Å². The monoisotopic (exact) mass is 435 g/mol. The van der Waals surface area contributed by atoms with Crippen LogP contribution in [0.15, 0.2) is 36.5 Å². The Morgan fingerprint density at radius 2 is 1.93 bits per heavy atom. The zero-order valence-electron chi connectivity index (χ0n) is 16.7. The van der Waals surface area contributed by atoms with Gasteiger partial charge in [-0.3, -0.25) is 14.8 Å². The average molecular weight is 436 g/mol. The number of carbonyl (C=O) groups is 2. The standard InChI is InChI=1S/C20H25N3O6S/c1-30(26,27)12-11-28-19-18(13-23(22-19)16-7-9-17(24)10-8-16)21-20(25)29-14-15-5-3-2-4-6-15/h2-6,13,16H,7-12,14H2,1H3,(H,21,25). The zero-order chi connectivity index (χ0) is 21.6. The number of ether oxygens (including phenoxy) is 2. The number of rotatable bonds is 8. The van der Waals surface area contributed by atoms with Gasteiger partial charge in [0.2, 0.25) is 0 Å². The van der Waals surface area contributed by atoms with E-state index in [-0.39, 0.29) is 36.7 Å². The largest absolute Gasteiger partial charge is 0.474 e. The van der Waals surface area contributed by atoms with Gasteiger partial charge in [0.05, 0.1) is 18.0 Å². The molecular formula is C20H25N3O6S. The lowest BCUT2D eigenvalue weighted by Gasteiger charge is -2.20. The van der Waals surface area contributed by atoms with E-state index in [0.717, 1.165) is 11.8 Å². The fourth-order valence-electron chi connectivity index (χ4n) is 3.10. The molecule has 1 saturated carbocycles. The Hall–Kier alpha value is -2.88. The second kappa shape index (κ2) is 9.75. The van der Waals surface area contributed by atoms with Gasteiger partial charge in [-0.15, -0.1) is 5.10 Å². The van der Waals surface area contributed by atoms with Crippen LogP contribution in [0.25, 0.3) is 0 Å². The van der Waals surface area contributed by atoms with Crippen molar-refractivity contribution in [1.82, 2.24) is 9.78 Å². The number of hydrogen-bond acceptors (Lipinski definition) is 7. The molecule has 0 unspecified atom stereocenters. The summed E-state index contributed by atoms with van der Waals surface area (Å²) < 4.78 is 35.1. The Balaban J connectivity index is 1.67. The van der Waals surface area contributed by atoms with Crippen molar-refractivity contribution in [2.75, 3.05) is 23.9 Å². The molecule has 1 aliphatic carbocycles. The van der Waals surface area contributed by atoms with Gasteiger partial charge in [0.15, 0.2) is 9.84 Å². The highest BCUT2D eigenvalue weighted by molar-refractivity contribution is 7.90. The van der Waals surface area contributed by atoms with Crippen molar-refractivity contribution in [3.8, 4) is 5.88 Å². The third-order valence-electron chi connectivity index (χ3n) is 4.73. The number of ketones is 1. The first-order chi connectivity index (χ1) is 14.3. The predicted octanol–water partition coefficient (Wildman–Crippen LogP) is 2.74. The van der Waals surface area contributed by atoms with Crippen LogP contribution in [-0.2, 0) is 26.0 Å². The van der Waals surface area contributed by atoms with Crippen LogP contribution in [0.3, 0.4) is 0 Å². The average Bonchev–Trinajstić information content (AvgIpc) is 3.09. The molecule has 0 bridgehead atoms. The molecule has 1 aromatic heterocycles. The summed E-state index contributed by atoms with van der Waals surface area (Å²) in [6.45, 7) is 0.0164. The molecule has 162 valence electrons. The summed E-state index contributed by atoms with van der Waals surface area (Å²) in [5.74, 6) is 0.174. The highest BCUT2D eigenvalue weighted by Crippen LogP contribution is 2.31. The summed E-state index contributed by atoms with van der Waals surface area (Å²) in [7, 11) is -3.20. The van der Waals surface area contributed by atoms with E-state index in [1.807, 2.05) is 30.3 Å². The summed E-state index contributed by atoms with van der Waals surface area (Å²) in [5, 5.41) is 6.98. The molecule has 10 heteroatoms. The minimum atomic E-state index is -3.20. The maximum atomic E-state index is 12.2. The number of nitrogens with one attached hydrogen (secondary N) is 1. The molecular weight excluding hydrogens is 410 g/mol.